The fraction of sp³-hybridized carbons (Fsp3) is 0.436. The molecule has 1 aliphatic heterocycles. The van der Waals surface area contributed by atoms with Crippen molar-refractivity contribution >= 4 is 28.4 Å². The maximum Gasteiger partial charge on any atom is 0.250 e. The first kappa shape index (κ1) is 31.1. The number of fused-ring (bicyclic) bond motifs is 1. The first-order chi connectivity index (χ1) is 21.4. The van der Waals surface area contributed by atoms with Crippen molar-refractivity contribution in [2.45, 2.75) is 78.8 Å². The van der Waals surface area contributed by atoms with Crippen molar-refractivity contribution in [3.63, 3.8) is 0 Å². The highest BCUT2D eigenvalue weighted by Crippen LogP contribution is 2.67. The molecule has 1 aromatic heterocycles. The van der Waals surface area contributed by atoms with E-state index in [2.05, 4.69) is 98.5 Å². The highest BCUT2D eigenvalue weighted by Gasteiger charge is 2.60. The molecule has 1 aliphatic carbocycles. The number of aryl methyl sites for hydroxylation is 4. The Hall–Kier alpha value is -3.90. The molecule has 0 radical (unpaired) electrons. The average Bonchev–Trinajstić information content (AvgIpc) is 3.35. The molecule has 2 N–H and O–H groups in total. The summed E-state index contributed by atoms with van der Waals surface area (Å²) in [4.78, 5) is 37.3. The van der Waals surface area contributed by atoms with Crippen LogP contribution in [0.4, 0.5) is 5.69 Å². The van der Waals surface area contributed by atoms with Gasteiger partial charge in [0.25, 0.3) is 0 Å². The van der Waals surface area contributed by atoms with Crippen molar-refractivity contribution in [1.82, 2.24) is 14.8 Å². The summed E-state index contributed by atoms with van der Waals surface area (Å²) in [6, 6.07) is 22.8. The van der Waals surface area contributed by atoms with E-state index in [1.165, 1.54) is 22.2 Å². The third-order valence-corrected chi connectivity index (χ3v) is 10.9. The Morgan fingerprint density at radius 1 is 0.933 bits per heavy atom. The second-order valence-corrected chi connectivity index (χ2v) is 14.3. The molecule has 236 valence electrons. The van der Waals surface area contributed by atoms with Gasteiger partial charge in [-0.15, -0.1) is 0 Å². The summed E-state index contributed by atoms with van der Waals surface area (Å²) in [6.45, 7) is 14.8. The Morgan fingerprint density at radius 3 is 2.22 bits per heavy atom. The standard InChI is InChI=1S/C39H48N4O2/c1-25-21-26(2)36(27(3)22-25)41-37(45)39(17-19-42(7)20-18-39)43(24-29-13-9-8-10-14-29)33(44)23-31-35(38(31,5)6)34-28(4)40-32-16-12-11-15-30(32)34/h8-16,21-22,31,35,40H,17-20,23-24H2,1-7H3,(H,41,45)/t31-,35+/m0/s1. The van der Waals surface area contributed by atoms with Crippen LogP contribution in [0.25, 0.3) is 10.9 Å². The highest BCUT2D eigenvalue weighted by atomic mass is 16.2. The molecule has 1 saturated carbocycles. The number of H-pyrrole nitrogens is 1. The number of carbonyl (C=O) groups is 2. The number of nitrogens with one attached hydrogen (secondary N) is 2. The smallest absolute Gasteiger partial charge is 0.250 e. The normalized spacial score (nSPS) is 20.6. The maximum absolute atomic E-state index is 14.8. The van der Waals surface area contributed by atoms with E-state index in [9.17, 15) is 9.59 Å². The lowest BCUT2D eigenvalue weighted by molar-refractivity contribution is -0.150. The SMILES string of the molecule is Cc1cc(C)c(NC(=O)C2(N(Cc3ccccc3)C(=O)C[C@H]3[C@H](c4c(C)[nH]c5ccccc45)C3(C)C)CCN(C)CC2)c(C)c1. The van der Waals surface area contributed by atoms with Crippen LogP contribution in [0.2, 0.25) is 0 Å². The molecule has 6 rings (SSSR count). The van der Waals surface area contributed by atoms with E-state index in [4.69, 9.17) is 0 Å². The first-order valence-electron chi connectivity index (χ1n) is 16.4. The van der Waals surface area contributed by atoms with E-state index >= 15 is 0 Å². The number of piperidine rings is 1. The van der Waals surface area contributed by atoms with Gasteiger partial charge in [0, 0.05) is 48.3 Å². The fourth-order valence-electron chi connectivity index (χ4n) is 8.15. The molecule has 1 saturated heterocycles. The predicted molar refractivity (Wildman–Crippen MR) is 183 cm³/mol. The lowest BCUT2D eigenvalue weighted by atomic mass is 9.83. The second kappa shape index (κ2) is 11.8. The van der Waals surface area contributed by atoms with Crippen molar-refractivity contribution in [1.29, 1.82) is 0 Å². The van der Waals surface area contributed by atoms with Gasteiger partial charge in [-0.05, 0) is 93.2 Å². The lowest BCUT2D eigenvalue weighted by Gasteiger charge is -2.47. The zero-order valence-corrected chi connectivity index (χ0v) is 28.0. The number of aromatic amines is 1. The first-order valence-corrected chi connectivity index (χ1v) is 16.4. The molecular weight excluding hydrogens is 556 g/mol. The third-order valence-electron chi connectivity index (χ3n) is 10.9. The van der Waals surface area contributed by atoms with Gasteiger partial charge in [-0.25, -0.2) is 0 Å². The van der Waals surface area contributed by atoms with Gasteiger partial charge in [-0.1, -0.05) is 80.1 Å². The van der Waals surface area contributed by atoms with Crippen molar-refractivity contribution in [2.75, 3.05) is 25.5 Å². The van der Waals surface area contributed by atoms with E-state index in [1.807, 2.05) is 36.9 Å². The molecule has 45 heavy (non-hydrogen) atoms. The molecule has 2 atom stereocenters. The lowest BCUT2D eigenvalue weighted by Crippen LogP contribution is -2.63. The minimum Gasteiger partial charge on any atom is -0.358 e. The predicted octanol–water partition coefficient (Wildman–Crippen LogP) is 7.66. The van der Waals surface area contributed by atoms with Gasteiger partial charge in [0.05, 0.1) is 0 Å². The Bertz CT molecular complexity index is 1710. The number of hydrogen-bond donors (Lipinski definition) is 2. The van der Waals surface area contributed by atoms with Crippen molar-refractivity contribution in [3.05, 3.63) is 100 Å². The van der Waals surface area contributed by atoms with Gasteiger partial charge in [0.1, 0.15) is 5.54 Å². The minimum atomic E-state index is -0.950. The van der Waals surface area contributed by atoms with Crippen LogP contribution in [0.1, 0.15) is 72.5 Å². The summed E-state index contributed by atoms with van der Waals surface area (Å²) in [5.41, 5.74) is 7.84. The van der Waals surface area contributed by atoms with Gasteiger partial charge in [-0.3, -0.25) is 9.59 Å². The molecule has 2 fully saturated rings. The zero-order chi connectivity index (χ0) is 32.1. The van der Waals surface area contributed by atoms with E-state index in [0.29, 0.717) is 25.8 Å². The molecule has 4 aromatic rings. The number of para-hydroxylation sites is 1. The van der Waals surface area contributed by atoms with Crippen LogP contribution in [0.3, 0.4) is 0 Å². The fourth-order valence-corrected chi connectivity index (χ4v) is 8.15. The number of likely N-dealkylation sites (tertiary alicyclic amines) is 1. The second-order valence-electron chi connectivity index (χ2n) is 14.3. The number of anilines is 1. The number of benzene rings is 3. The van der Waals surface area contributed by atoms with Crippen LogP contribution in [0.15, 0.2) is 66.7 Å². The van der Waals surface area contributed by atoms with Gasteiger partial charge in [0.15, 0.2) is 0 Å². The Morgan fingerprint density at radius 2 is 1.56 bits per heavy atom. The number of amides is 2. The summed E-state index contributed by atoms with van der Waals surface area (Å²) in [7, 11) is 2.10. The number of aromatic nitrogens is 1. The number of nitrogens with zero attached hydrogens (tertiary/aromatic N) is 2. The van der Waals surface area contributed by atoms with E-state index in [1.54, 1.807) is 0 Å². The molecule has 2 amide bonds. The molecule has 6 heteroatoms. The summed E-state index contributed by atoms with van der Waals surface area (Å²) in [5.74, 6) is 0.452. The molecule has 0 unspecified atom stereocenters. The topological polar surface area (TPSA) is 68.4 Å². The number of hydrogen-bond acceptors (Lipinski definition) is 3. The van der Waals surface area contributed by atoms with Gasteiger partial charge in [0.2, 0.25) is 11.8 Å². The Labute approximate surface area is 268 Å². The zero-order valence-electron chi connectivity index (χ0n) is 28.0. The molecule has 0 bridgehead atoms. The largest absolute Gasteiger partial charge is 0.358 e. The molecule has 2 heterocycles. The van der Waals surface area contributed by atoms with Crippen LogP contribution in [0, 0.1) is 39.0 Å². The van der Waals surface area contributed by atoms with Crippen LogP contribution >= 0.6 is 0 Å². The van der Waals surface area contributed by atoms with Gasteiger partial charge >= 0.3 is 0 Å². The average molecular weight is 605 g/mol. The quantitative estimate of drug-likeness (QED) is 0.217. The van der Waals surface area contributed by atoms with Crippen molar-refractivity contribution < 1.29 is 9.59 Å². The molecule has 0 spiro atoms. The summed E-state index contributed by atoms with van der Waals surface area (Å²) in [5, 5.41) is 4.59. The molecular formula is C39H48N4O2. The summed E-state index contributed by atoms with van der Waals surface area (Å²) < 4.78 is 0. The van der Waals surface area contributed by atoms with E-state index in [0.717, 1.165) is 41.0 Å². The molecule has 2 aliphatic rings. The van der Waals surface area contributed by atoms with Crippen LogP contribution in [-0.2, 0) is 16.1 Å². The maximum atomic E-state index is 14.8. The van der Waals surface area contributed by atoms with Crippen LogP contribution < -0.4 is 5.32 Å². The minimum absolute atomic E-state index is 0.0257. The Balaban J connectivity index is 1.36. The summed E-state index contributed by atoms with van der Waals surface area (Å²) in [6.07, 6.45) is 1.60. The van der Waals surface area contributed by atoms with E-state index < -0.39 is 5.54 Å². The van der Waals surface area contributed by atoms with Crippen molar-refractivity contribution in [2.24, 2.45) is 11.3 Å². The highest BCUT2D eigenvalue weighted by molar-refractivity contribution is 6.02. The number of carbonyl (C=O) groups excluding carboxylic acids is 2. The molecule has 6 nitrogen and oxygen atoms in total. The van der Waals surface area contributed by atoms with Crippen molar-refractivity contribution in [3.8, 4) is 0 Å². The van der Waals surface area contributed by atoms with Gasteiger partial charge < -0.3 is 20.1 Å². The monoisotopic (exact) mass is 604 g/mol. The summed E-state index contributed by atoms with van der Waals surface area (Å²) >= 11 is 0. The van der Waals surface area contributed by atoms with E-state index in [-0.39, 0.29) is 29.1 Å². The Kier molecular flexibility index (Phi) is 8.15. The number of rotatable bonds is 8. The van der Waals surface area contributed by atoms with Crippen LogP contribution in [-0.4, -0.2) is 52.3 Å². The van der Waals surface area contributed by atoms with Gasteiger partial charge in [-0.2, -0.15) is 0 Å². The van der Waals surface area contributed by atoms with Crippen LogP contribution in [0.5, 0.6) is 0 Å². The molecule has 3 aromatic carbocycles. The third kappa shape index (κ3) is 5.69.